The Bertz CT molecular complexity index is 836. The molecule has 0 spiro atoms. The average molecular weight is 442 g/mol. The Kier molecular flexibility index (Phi) is 6.59. The van der Waals surface area contributed by atoms with Gasteiger partial charge in [0.15, 0.2) is 0 Å². The zero-order chi connectivity index (χ0) is 20.3. The van der Waals surface area contributed by atoms with Crippen molar-refractivity contribution in [3.8, 4) is 0 Å². The molecule has 0 bridgehead atoms. The Labute approximate surface area is 188 Å². The summed E-state index contributed by atoms with van der Waals surface area (Å²) in [4.78, 5) is 14.9. The molecule has 5 heteroatoms. The van der Waals surface area contributed by atoms with Crippen LogP contribution < -0.4 is 5.32 Å². The fourth-order valence-electron chi connectivity index (χ4n) is 4.37. The van der Waals surface area contributed by atoms with Crippen molar-refractivity contribution in [3.63, 3.8) is 0 Å². The molecule has 160 valence electrons. The topological polar surface area (TPSA) is 38.3 Å². The van der Waals surface area contributed by atoms with Crippen LogP contribution in [0.15, 0.2) is 45.7 Å². The van der Waals surface area contributed by atoms with Gasteiger partial charge in [-0.2, -0.15) is 0 Å². The van der Waals surface area contributed by atoms with Crippen LogP contribution in [0.4, 0.5) is 0 Å². The van der Waals surface area contributed by atoms with Crippen LogP contribution in [0.1, 0.15) is 74.3 Å². The van der Waals surface area contributed by atoms with Crippen LogP contribution in [0.5, 0.6) is 0 Å². The number of rotatable bonds is 8. The summed E-state index contributed by atoms with van der Waals surface area (Å²) in [5.74, 6) is 1.34. The normalized spacial score (nSPS) is 23.1. The highest BCUT2D eigenvalue weighted by molar-refractivity contribution is 8.05. The first-order valence-electron chi connectivity index (χ1n) is 11.5. The van der Waals surface area contributed by atoms with Gasteiger partial charge in [-0.15, -0.1) is 11.8 Å². The number of carbonyl (C=O) groups is 1. The second-order valence-electron chi connectivity index (χ2n) is 9.02. The molecule has 1 aromatic carbocycles. The van der Waals surface area contributed by atoms with Gasteiger partial charge < -0.3 is 10.1 Å². The predicted molar refractivity (Wildman–Crippen MR) is 126 cm³/mol. The van der Waals surface area contributed by atoms with Gasteiger partial charge in [0.2, 0.25) is 5.91 Å². The van der Waals surface area contributed by atoms with E-state index in [1.165, 1.54) is 41.7 Å². The molecule has 2 saturated carbocycles. The van der Waals surface area contributed by atoms with Gasteiger partial charge in [-0.05, 0) is 85.8 Å². The molecule has 3 nitrogen and oxygen atoms in total. The fraction of sp³-hybridized carbons (Fsp3) is 0.560. The molecule has 1 N–H and O–H groups in total. The number of amides is 1. The van der Waals surface area contributed by atoms with Crippen LogP contribution in [-0.4, -0.2) is 24.4 Å². The molecule has 1 saturated heterocycles. The number of ether oxygens (including phenoxy) is 1. The van der Waals surface area contributed by atoms with Gasteiger partial charge in [-0.1, -0.05) is 36.0 Å². The van der Waals surface area contributed by atoms with Crippen molar-refractivity contribution < 1.29 is 9.53 Å². The second kappa shape index (κ2) is 9.54. The molecular weight excluding hydrogens is 410 g/mol. The standard InChI is InChI=1S/C25H31NO2S2/c27-25(26-24-3-1-2-14-29-24)22(15-17-10-12-28-13-11-17)19-6-9-23(30-20-7-8-20)21(16-19)18-4-5-18/h2-3,6,9,14,16-18,20,22H,1,4-5,7-8,10-13,15H2,(H,26,27)/t22-/m1/s1. The predicted octanol–water partition coefficient (Wildman–Crippen LogP) is 6.33. The van der Waals surface area contributed by atoms with Crippen molar-refractivity contribution in [2.24, 2.45) is 5.92 Å². The van der Waals surface area contributed by atoms with Gasteiger partial charge in [0.25, 0.3) is 0 Å². The van der Waals surface area contributed by atoms with E-state index in [2.05, 4.69) is 52.8 Å². The van der Waals surface area contributed by atoms with Crippen molar-refractivity contribution in [3.05, 3.63) is 51.9 Å². The van der Waals surface area contributed by atoms with Crippen molar-refractivity contribution in [1.29, 1.82) is 0 Å². The van der Waals surface area contributed by atoms with Crippen LogP contribution in [0, 0.1) is 5.92 Å². The highest BCUT2D eigenvalue weighted by Gasteiger charge is 2.32. The van der Waals surface area contributed by atoms with Crippen LogP contribution >= 0.6 is 23.5 Å². The number of allylic oxidation sites excluding steroid dienone is 2. The van der Waals surface area contributed by atoms with Crippen LogP contribution in [0.2, 0.25) is 0 Å². The maximum absolute atomic E-state index is 13.4. The van der Waals surface area contributed by atoms with Crippen molar-refractivity contribution in [2.75, 3.05) is 13.2 Å². The average Bonchev–Trinajstić information content (AvgIpc) is 3.69. The number of carbonyl (C=O) groups excluding carboxylic acids is 1. The van der Waals surface area contributed by atoms with Crippen LogP contribution in [0.3, 0.4) is 0 Å². The smallest absolute Gasteiger partial charge is 0.232 e. The summed E-state index contributed by atoms with van der Waals surface area (Å²) >= 11 is 3.67. The molecule has 2 aliphatic carbocycles. The quantitative estimate of drug-likeness (QED) is 0.512. The molecule has 0 aromatic heterocycles. The fourth-order valence-corrected chi connectivity index (χ4v) is 6.31. The number of nitrogens with one attached hydrogen (secondary N) is 1. The molecular formula is C25H31NO2S2. The summed E-state index contributed by atoms with van der Waals surface area (Å²) < 4.78 is 5.56. The lowest BCUT2D eigenvalue weighted by Crippen LogP contribution is -2.30. The third-order valence-electron chi connectivity index (χ3n) is 6.47. The minimum atomic E-state index is -0.0852. The summed E-state index contributed by atoms with van der Waals surface area (Å²) in [6.45, 7) is 1.66. The van der Waals surface area contributed by atoms with E-state index in [0.717, 1.165) is 49.2 Å². The van der Waals surface area contributed by atoms with Crippen LogP contribution in [0.25, 0.3) is 0 Å². The lowest BCUT2D eigenvalue weighted by Gasteiger charge is -2.27. The highest BCUT2D eigenvalue weighted by atomic mass is 32.2. The van der Waals surface area contributed by atoms with E-state index >= 15 is 0 Å². The van der Waals surface area contributed by atoms with Gasteiger partial charge in [-0.3, -0.25) is 4.79 Å². The number of hydrogen-bond donors (Lipinski definition) is 1. The summed E-state index contributed by atoms with van der Waals surface area (Å²) in [7, 11) is 0. The Hall–Kier alpha value is -1.17. The number of thioether (sulfide) groups is 2. The minimum absolute atomic E-state index is 0.0852. The Balaban J connectivity index is 1.38. The molecule has 1 aromatic rings. The van der Waals surface area contributed by atoms with E-state index in [1.807, 2.05) is 0 Å². The van der Waals surface area contributed by atoms with Gasteiger partial charge in [0.05, 0.1) is 10.9 Å². The first-order chi connectivity index (χ1) is 14.8. The molecule has 0 radical (unpaired) electrons. The molecule has 5 rings (SSSR count). The van der Waals surface area contributed by atoms with E-state index in [9.17, 15) is 4.79 Å². The Morgan fingerprint density at radius 3 is 2.70 bits per heavy atom. The van der Waals surface area contributed by atoms with Crippen molar-refractivity contribution >= 4 is 29.4 Å². The zero-order valence-corrected chi connectivity index (χ0v) is 19.1. The third-order valence-corrected chi connectivity index (χ3v) is 8.76. The van der Waals surface area contributed by atoms with Gasteiger partial charge in [0.1, 0.15) is 0 Å². The SMILES string of the molecule is O=C(NC1=CCC=CS1)[C@H](CC1CCOCC1)c1ccc(SC2CC2)c(C2CC2)c1. The van der Waals surface area contributed by atoms with E-state index in [1.54, 1.807) is 11.8 Å². The summed E-state index contributed by atoms with van der Waals surface area (Å²) in [6, 6.07) is 6.93. The molecule has 1 amide bonds. The van der Waals surface area contributed by atoms with Gasteiger partial charge in [-0.25, -0.2) is 0 Å². The van der Waals surface area contributed by atoms with E-state index < -0.39 is 0 Å². The summed E-state index contributed by atoms with van der Waals surface area (Å²) in [5, 5.41) is 7.09. The van der Waals surface area contributed by atoms with Crippen LogP contribution in [-0.2, 0) is 9.53 Å². The van der Waals surface area contributed by atoms with Gasteiger partial charge in [0, 0.05) is 23.4 Å². The van der Waals surface area contributed by atoms with E-state index in [4.69, 9.17) is 4.74 Å². The molecule has 2 aliphatic heterocycles. The zero-order valence-electron chi connectivity index (χ0n) is 17.5. The lowest BCUT2D eigenvalue weighted by molar-refractivity contribution is -0.122. The molecule has 4 aliphatic rings. The maximum Gasteiger partial charge on any atom is 0.232 e. The Morgan fingerprint density at radius 1 is 1.17 bits per heavy atom. The largest absolute Gasteiger partial charge is 0.381 e. The maximum atomic E-state index is 13.4. The van der Waals surface area contributed by atoms with Crippen molar-refractivity contribution in [2.45, 2.75) is 73.3 Å². The van der Waals surface area contributed by atoms with E-state index in [0.29, 0.717) is 11.8 Å². The first kappa shape index (κ1) is 20.7. The lowest BCUT2D eigenvalue weighted by atomic mass is 9.84. The Morgan fingerprint density at radius 2 is 2.00 bits per heavy atom. The van der Waals surface area contributed by atoms with Crippen molar-refractivity contribution in [1.82, 2.24) is 5.32 Å². The molecule has 1 atom stereocenters. The molecule has 0 unspecified atom stereocenters. The highest BCUT2D eigenvalue weighted by Crippen LogP contribution is 2.49. The first-order valence-corrected chi connectivity index (χ1v) is 13.2. The minimum Gasteiger partial charge on any atom is -0.381 e. The third kappa shape index (κ3) is 5.35. The van der Waals surface area contributed by atoms with Gasteiger partial charge >= 0.3 is 0 Å². The summed E-state index contributed by atoms with van der Waals surface area (Å²) in [5.41, 5.74) is 2.71. The number of hydrogen-bond acceptors (Lipinski definition) is 4. The second-order valence-corrected chi connectivity index (χ2v) is 11.3. The molecule has 2 heterocycles. The number of benzene rings is 1. The monoisotopic (exact) mass is 441 g/mol. The molecule has 30 heavy (non-hydrogen) atoms. The molecule has 3 fully saturated rings. The van der Waals surface area contributed by atoms with E-state index in [-0.39, 0.29) is 11.8 Å². The summed E-state index contributed by atoms with van der Waals surface area (Å²) in [6.07, 6.45) is 13.5.